The van der Waals surface area contributed by atoms with Gasteiger partial charge in [-0.3, -0.25) is 0 Å². The third-order valence-electron chi connectivity index (χ3n) is 4.16. The third-order valence-corrected chi connectivity index (χ3v) is 6.37. The summed E-state index contributed by atoms with van der Waals surface area (Å²) in [4.78, 5) is 4.35. The fraction of sp³-hybridized carbons (Fsp3) is 0.857. The standard InChI is InChI=1S/C14H23N3O4S/c1-10(2)22(18,19)17-7-12(8-17)14-15-13(16-21-14)5-6-20-9-11-3-4-11/h10-12H,3-9H2,1-2H3. The van der Waals surface area contributed by atoms with Crippen LogP contribution in [-0.4, -0.2) is 54.4 Å². The van der Waals surface area contributed by atoms with Crippen LogP contribution in [0.4, 0.5) is 0 Å². The Kier molecular flexibility index (Phi) is 4.52. The Labute approximate surface area is 131 Å². The van der Waals surface area contributed by atoms with Gasteiger partial charge in [0.05, 0.1) is 17.8 Å². The van der Waals surface area contributed by atoms with Gasteiger partial charge in [0.25, 0.3) is 0 Å². The Hall–Kier alpha value is -0.990. The first-order valence-electron chi connectivity index (χ1n) is 7.86. The van der Waals surface area contributed by atoms with Gasteiger partial charge in [-0.25, -0.2) is 12.7 Å². The number of rotatable bonds is 8. The van der Waals surface area contributed by atoms with Crippen molar-refractivity contribution in [2.45, 2.75) is 44.3 Å². The van der Waals surface area contributed by atoms with Gasteiger partial charge in [-0.2, -0.15) is 4.98 Å². The fourth-order valence-electron chi connectivity index (χ4n) is 2.33. The Morgan fingerprint density at radius 2 is 2.09 bits per heavy atom. The minimum Gasteiger partial charge on any atom is -0.381 e. The highest BCUT2D eigenvalue weighted by Crippen LogP contribution is 2.30. The molecule has 0 atom stereocenters. The number of aromatic nitrogens is 2. The van der Waals surface area contributed by atoms with Crippen LogP contribution in [0, 0.1) is 5.92 Å². The quantitative estimate of drug-likeness (QED) is 0.666. The SMILES string of the molecule is CC(C)S(=O)(=O)N1CC(c2nc(CCOCC3CC3)no2)C1. The monoisotopic (exact) mass is 329 g/mol. The second-order valence-electron chi connectivity index (χ2n) is 6.42. The van der Waals surface area contributed by atoms with Gasteiger partial charge in [0, 0.05) is 26.1 Å². The van der Waals surface area contributed by atoms with Crippen LogP contribution >= 0.6 is 0 Å². The minimum absolute atomic E-state index is 0.0159. The van der Waals surface area contributed by atoms with Crippen molar-refractivity contribution < 1.29 is 17.7 Å². The Balaban J connectivity index is 1.44. The molecule has 1 saturated carbocycles. The summed E-state index contributed by atoms with van der Waals surface area (Å²) in [6, 6.07) is 0. The van der Waals surface area contributed by atoms with Gasteiger partial charge in [0.1, 0.15) is 0 Å². The number of ether oxygens (including phenoxy) is 1. The van der Waals surface area contributed by atoms with E-state index in [1.54, 1.807) is 13.8 Å². The molecule has 8 heteroatoms. The molecule has 0 aromatic carbocycles. The summed E-state index contributed by atoms with van der Waals surface area (Å²) in [5.74, 6) is 1.94. The molecule has 2 fully saturated rings. The number of hydrogen-bond donors (Lipinski definition) is 0. The summed E-state index contributed by atoms with van der Waals surface area (Å²) in [5, 5.41) is 3.55. The molecule has 1 aliphatic carbocycles. The van der Waals surface area contributed by atoms with Crippen molar-refractivity contribution in [3.8, 4) is 0 Å². The highest BCUT2D eigenvalue weighted by molar-refractivity contribution is 7.89. The van der Waals surface area contributed by atoms with Gasteiger partial charge < -0.3 is 9.26 Å². The van der Waals surface area contributed by atoms with Gasteiger partial charge in [-0.05, 0) is 32.6 Å². The van der Waals surface area contributed by atoms with E-state index in [0.29, 0.717) is 37.8 Å². The molecule has 0 bridgehead atoms. The van der Waals surface area contributed by atoms with Crippen molar-refractivity contribution in [1.29, 1.82) is 0 Å². The lowest BCUT2D eigenvalue weighted by Crippen LogP contribution is -2.50. The van der Waals surface area contributed by atoms with Crippen LogP contribution in [0.5, 0.6) is 0 Å². The van der Waals surface area contributed by atoms with E-state index in [-0.39, 0.29) is 5.92 Å². The highest BCUT2D eigenvalue weighted by atomic mass is 32.2. The fourth-order valence-corrected chi connectivity index (χ4v) is 3.70. The molecule has 22 heavy (non-hydrogen) atoms. The molecule has 3 rings (SSSR count). The molecular weight excluding hydrogens is 306 g/mol. The van der Waals surface area contributed by atoms with Crippen molar-refractivity contribution >= 4 is 10.0 Å². The zero-order chi connectivity index (χ0) is 15.7. The van der Waals surface area contributed by atoms with E-state index < -0.39 is 15.3 Å². The maximum absolute atomic E-state index is 12.0. The summed E-state index contributed by atoms with van der Waals surface area (Å²) in [6.45, 7) is 5.67. The van der Waals surface area contributed by atoms with Gasteiger partial charge in [0.2, 0.25) is 15.9 Å². The molecule has 2 heterocycles. The largest absolute Gasteiger partial charge is 0.381 e. The van der Waals surface area contributed by atoms with E-state index in [4.69, 9.17) is 9.26 Å². The summed E-state index contributed by atoms with van der Waals surface area (Å²) >= 11 is 0. The van der Waals surface area contributed by atoms with Crippen LogP contribution in [0.2, 0.25) is 0 Å². The molecule has 0 radical (unpaired) electrons. The van der Waals surface area contributed by atoms with Gasteiger partial charge in [-0.15, -0.1) is 0 Å². The summed E-state index contributed by atoms with van der Waals surface area (Å²) in [6.07, 6.45) is 3.20. The predicted octanol–water partition coefficient (Wildman–Crippen LogP) is 1.18. The van der Waals surface area contributed by atoms with Crippen molar-refractivity contribution in [1.82, 2.24) is 14.4 Å². The zero-order valence-electron chi connectivity index (χ0n) is 13.1. The number of hydrogen-bond acceptors (Lipinski definition) is 6. The molecule has 2 aliphatic rings. The van der Waals surface area contributed by atoms with Crippen molar-refractivity contribution in [2.24, 2.45) is 5.92 Å². The molecule has 0 N–H and O–H groups in total. The van der Waals surface area contributed by atoms with Gasteiger partial charge >= 0.3 is 0 Å². The lowest BCUT2D eigenvalue weighted by atomic mass is 10.0. The first kappa shape index (κ1) is 15.9. The van der Waals surface area contributed by atoms with Crippen molar-refractivity contribution in [2.75, 3.05) is 26.3 Å². The van der Waals surface area contributed by atoms with Gasteiger partial charge in [-0.1, -0.05) is 5.16 Å². The van der Waals surface area contributed by atoms with E-state index >= 15 is 0 Å². The van der Waals surface area contributed by atoms with Crippen molar-refractivity contribution in [3.63, 3.8) is 0 Å². The van der Waals surface area contributed by atoms with E-state index in [9.17, 15) is 8.42 Å². The first-order valence-corrected chi connectivity index (χ1v) is 9.36. The predicted molar refractivity (Wildman–Crippen MR) is 79.9 cm³/mol. The maximum atomic E-state index is 12.0. The average molecular weight is 329 g/mol. The lowest BCUT2D eigenvalue weighted by molar-refractivity contribution is 0.125. The third kappa shape index (κ3) is 3.49. The summed E-state index contributed by atoms with van der Waals surface area (Å²) in [7, 11) is -3.17. The minimum atomic E-state index is -3.17. The van der Waals surface area contributed by atoms with Crippen LogP contribution in [0.15, 0.2) is 4.52 Å². The molecular formula is C14H23N3O4S. The van der Waals surface area contributed by atoms with Crippen molar-refractivity contribution in [3.05, 3.63) is 11.7 Å². The van der Waals surface area contributed by atoms with E-state index in [1.165, 1.54) is 17.1 Å². The normalized spacial score (nSPS) is 20.5. The summed E-state index contributed by atoms with van der Waals surface area (Å²) in [5.41, 5.74) is 0. The van der Waals surface area contributed by atoms with E-state index in [1.807, 2.05) is 0 Å². The average Bonchev–Trinajstić information content (AvgIpc) is 3.12. The second kappa shape index (κ2) is 6.25. The highest BCUT2D eigenvalue weighted by Gasteiger charge is 2.40. The molecule has 1 saturated heterocycles. The summed E-state index contributed by atoms with van der Waals surface area (Å²) < 4.78 is 36.2. The molecule has 1 aromatic rings. The Morgan fingerprint density at radius 1 is 1.36 bits per heavy atom. The molecule has 0 spiro atoms. The first-order chi connectivity index (χ1) is 10.5. The van der Waals surface area contributed by atoms with Crippen LogP contribution in [0.3, 0.4) is 0 Å². The van der Waals surface area contributed by atoms with Gasteiger partial charge in [0.15, 0.2) is 5.82 Å². The molecule has 7 nitrogen and oxygen atoms in total. The molecule has 1 aliphatic heterocycles. The molecule has 124 valence electrons. The topological polar surface area (TPSA) is 85.5 Å². The molecule has 0 amide bonds. The Morgan fingerprint density at radius 3 is 2.73 bits per heavy atom. The van der Waals surface area contributed by atoms with Crippen LogP contribution in [-0.2, 0) is 21.2 Å². The van der Waals surface area contributed by atoms with Crippen LogP contribution < -0.4 is 0 Å². The van der Waals surface area contributed by atoms with Crippen LogP contribution in [0.1, 0.15) is 44.3 Å². The smallest absolute Gasteiger partial charge is 0.232 e. The van der Waals surface area contributed by atoms with Crippen LogP contribution in [0.25, 0.3) is 0 Å². The maximum Gasteiger partial charge on any atom is 0.232 e. The molecule has 1 aromatic heterocycles. The van der Waals surface area contributed by atoms with E-state index in [0.717, 1.165) is 12.5 Å². The number of sulfonamides is 1. The zero-order valence-corrected chi connectivity index (χ0v) is 13.9. The Bertz CT molecular complexity index is 603. The van der Waals surface area contributed by atoms with E-state index in [2.05, 4.69) is 10.1 Å². The molecule has 0 unspecified atom stereocenters. The number of nitrogens with zero attached hydrogens (tertiary/aromatic N) is 3. The second-order valence-corrected chi connectivity index (χ2v) is 8.91. The lowest BCUT2D eigenvalue weighted by Gasteiger charge is -2.36.